The minimum absolute atomic E-state index is 0.0318. The number of aliphatic hydroxyl groups excluding tert-OH is 1. The van der Waals surface area contributed by atoms with E-state index >= 15 is 0 Å². The smallest absolute Gasteiger partial charge is 0.343 e. The topological polar surface area (TPSA) is 93.1 Å². The van der Waals surface area contributed by atoms with Gasteiger partial charge in [0.1, 0.15) is 12.7 Å². The third-order valence-electron chi connectivity index (χ3n) is 6.89. The van der Waals surface area contributed by atoms with Crippen molar-refractivity contribution in [2.24, 2.45) is 16.7 Å². The maximum absolute atomic E-state index is 12.5. The Bertz CT molecular complexity index is 761. The van der Waals surface area contributed by atoms with Crippen LogP contribution >= 0.6 is 0 Å². The van der Waals surface area contributed by atoms with Crippen LogP contribution in [0, 0.1) is 16.7 Å². The van der Waals surface area contributed by atoms with Crippen LogP contribution in [0.1, 0.15) is 53.4 Å². The summed E-state index contributed by atoms with van der Waals surface area (Å²) in [5.41, 5.74) is -2.15. The molecule has 3 aliphatic rings. The van der Waals surface area contributed by atoms with Crippen molar-refractivity contribution < 1.29 is 29.3 Å². The molecule has 6 heteroatoms. The quantitative estimate of drug-likeness (QED) is 0.317. The Morgan fingerprint density at radius 2 is 2.07 bits per heavy atom. The van der Waals surface area contributed by atoms with Gasteiger partial charge in [0.15, 0.2) is 5.60 Å². The standard InChI is InChI=1S/C23H32O6/c1-15(24)9-6-5-7-10-18(25)29-17-13-16-14-28-20(26)23(16,27)22(4)12-8-11-21(2,3)19(17)22/h5-7,10,13,15,17,19,24,27H,8-9,11-12,14H2,1-4H3/b6-5+,10-7+/t15?,17?,19-,22-,23-/m0/s1. The zero-order valence-corrected chi connectivity index (χ0v) is 17.7. The molecule has 2 N–H and O–H groups in total. The van der Waals surface area contributed by atoms with Gasteiger partial charge in [-0.2, -0.15) is 0 Å². The average molecular weight is 405 g/mol. The van der Waals surface area contributed by atoms with E-state index in [1.165, 1.54) is 6.08 Å². The molecule has 1 heterocycles. The summed E-state index contributed by atoms with van der Waals surface area (Å²) in [5.74, 6) is -1.29. The van der Waals surface area contributed by atoms with Crippen LogP contribution in [0.5, 0.6) is 0 Å². The summed E-state index contributed by atoms with van der Waals surface area (Å²) in [6, 6.07) is 0. The largest absolute Gasteiger partial charge is 0.459 e. The summed E-state index contributed by atoms with van der Waals surface area (Å²) in [7, 11) is 0. The highest BCUT2D eigenvalue weighted by Gasteiger charge is 2.69. The minimum atomic E-state index is -1.65. The van der Waals surface area contributed by atoms with Crippen molar-refractivity contribution in [2.75, 3.05) is 6.61 Å². The average Bonchev–Trinajstić information content (AvgIpc) is 2.90. The molecule has 160 valence electrons. The Morgan fingerprint density at radius 3 is 2.76 bits per heavy atom. The number of carbonyl (C=O) groups excluding carboxylic acids is 2. The maximum Gasteiger partial charge on any atom is 0.343 e. The van der Waals surface area contributed by atoms with Crippen LogP contribution in [0.3, 0.4) is 0 Å². The number of rotatable bonds is 5. The van der Waals surface area contributed by atoms with Crippen LogP contribution in [-0.2, 0) is 19.1 Å². The van der Waals surface area contributed by atoms with E-state index < -0.39 is 35.2 Å². The highest BCUT2D eigenvalue weighted by Crippen LogP contribution is 2.63. The van der Waals surface area contributed by atoms with E-state index in [1.807, 2.05) is 6.92 Å². The molecule has 0 aromatic heterocycles. The van der Waals surface area contributed by atoms with Gasteiger partial charge < -0.3 is 19.7 Å². The first-order valence-corrected chi connectivity index (χ1v) is 10.3. The van der Waals surface area contributed by atoms with Crippen LogP contribution in [-0.4, -0.2) is 46.6 Å². The first-order valence-electron chi connectivity index (χ1n) is 10.3. The van der Waals surface area contributed by atoms with Gasteiger partial charge >= 0.3 is 11.9 Å². The Kier molecular flexibility index (Phi) is 5.80. The van der Waals surface area contributed by atoms with Gasteiger partial charge in [0.2, 0.25) is 0 Å². The van der Waals surface area contributed by atoms with Crippen LogP contribution < -0.4 is 0 Å². The van der Waals surface area contributed by atoms with Crippen molar-refractivity contribution >= 4 is 11.9 Å². The first-order chi connectivity index (χ1) is 13.5. The highest BCUT2D eigenvalue weighted by molar-refractivity contribution is 5.88. The summed E-state index contributed by atoms with van der Waals surface area (Å²) in [6.45, 7) is 7.86. The molecule has 2 fully saturated rings. The van der Waals surface area contributed by atoms with E-state index in [-0.39, 0.29) is 17.9 Å². The van der Waals surface area contributed by atoms with Gasteiger partial charge in [-0.1, -0.05) is 45.4 Å². The van der Waals surface area contributed by atoms with Crippen molar-refractivity contribution in [3.63, 3.8) is 0 Å². The molecule has 1 saturated carbocycles. The van der Waals surface area contributed by atoms with Gasteiger partial charge in [-0.3, -0.25) is 0 Å². The lowest BCUT2D eigenvalue weighted by atomic mass is 9.46. The van der Waals surface area contributed by atoms with Gasteiger partial charge in [0, 0.05) is 23.0 Å². The van der Waals surface area contributed by atoms with Gasteiger partial charge in [-0.05, 0) is 37.7 Å². The van der Waals surface area contributed by atoms with E-state index in [1.54, 1.807) is 31.2 Å². The summed E-state index contributed by atoms with van der Waals surface area (Å²) in [4.78, 5) is 25.0. The lowest BCUT2D eigenvalue weighted by molar-refractivity contribution is -0.194. The molecule has 1 saturated heterocycles. The molecule has 2 aliphatic carbocycles. The number of cyclic esters (lactones) is 1. The number of hydrogen-bond acceptors (Lipinski definition) is 6. The van der Waals surface area contributed by atoms with E-state index in [9.17, 15) is 19.8 Å². The third-order valence-corrected chi connectivity index (χ3v) is 6.89. The number of carbonyl (C=O) groups is 2. The number of allylic oxidation sites excluding steroid dienone is 2. The fourth-order valence-electron chi connectivity index (χ4n) is 5.61. The van der Waals surface area contributed by atoms with Crippen molar-refractivity contribution in [3.05, 3.63) is 36.0 Å². The molecule has 0 bridgehead atoms. The number of fused-ring (bicyclic) bond motifs is 3. The van der Waals surface area contributed by atoms with Crippen molar-refractivity contribution in [1.82, 2.24) is 0 Å². The summed E-state index contributed by atoms with van der Waals surface area (Å²) < 4.78 is 11.0. The predicted molar refractivity (Wildman–Crippen MR) is 108 cm³/mol. The van der Waals surface area contributed by atoms with E-state index in [0.29, 0.717) is 18.4 Å². The fourth-order valence-corrected chi connectivity index (χ4v) is 5.61. The number of aliphatic hydroxyl groups is 2. The molecule has 1 aliphatic heterocycles. The van der Waals surface area contributed by atoms with Crippen LogP contribution in [0.15, 0.2) is 36.0 Å². The molecule has 0 amide bonds. The Balaban J connectivity index is 1.87. The zero-order valence-electron chi connectivity index (χ0n) is 17.7. The van der Waals surface area contributed by atoms with Crippen molar-refractivity contribution in [2.45, 2.75) is 71.2 Å². The SMILES string of the molecule is CC(O)C/C=C/C=C/C(=O)OC1C=C2COC(=O)[C@]2(O)[C@@]2(C)CCCC(C)(C)[C@H]12. The van der Waals surface area contributed by atoms with Gasteiger partial charge in [-0.15, -0.1) is 0 Å². The molecule has 0 spiro atoms. The molecule has 6 nitrogen and oxygen atoms in total. The lowest BCUT2D eigenvalue weighted by Gasteiger charge is -2.59. The second-order valence-corrected chi connectivity index (χ2v) is 9.49. The number of ether oxygens (including phenoxy) is 2. The van der Waals surface area contributed by atoms with E-state index in [0.717, 1.165) is 12.8 Å². The van der Waals surface area contributed by atoms with Gasteiger partial charge in [-0.25, -0.2) is 9.59 Å². The normalized spacial score (nSPS) is 37.0. The summed E-state index contributed by atoms with van der Waals surface area (Å²) in [5, 5.41) is 20.7. The van der Waals surface area contributed by atoms with Crippen LogP contribution in [0.25, 0.3) is 0 Å². The molecule has 3 rings (SSSR count). The molecule has 0 aromatic rings. The fraction of sp³-hybridized carbons (Fsp3) is 0.652. The maximum atomic E-state index is 12.5. The predicted octanol–water partition coefficient (Wildman–Crippen LogP) is 2.84. The Hall–Kier alpha value is -1.92. The second-order valence-electron chi connectivity index (χ2n) is 9.49. The van der Waals surface area contributed by atoms with Crippen molar-refractivity contribution in [1.29, 1.82) is 0 Å². The Labute approximate surface area is 172 Å². The highest BCUT2D eigenvalue weighted by atomic mass is 16.6. The molecule has 29 heavy (non-hydrogen) atoms. The van der Waals surface area contributed by atoms with E-state index in [4.69, 9.17) is 9.47 Å². The zero-order chi connectivity index (χ0) is 21.4. The van der Waals surface area contributed by atoms with Gasteiger partial charge in [0.05, 0.1) is 6.10 Å². The van der Waals surface area contributed by atoms with Crippen LogP contribution in [0.2, 0.25) is 0 Å². The van der Waals surface area contributed by atoms with Gasteiger partial charge in [0.25, 0.3) is 0 Å². The molecular formula is C23H32O6. The molecule has 2 unspecified atom stereocenters. The number of esters is 2. The third kappa shape index (κ3) is 3.68. The monoisotopic (exact) mass is 404 g/mol. The molecule has 0 radical (unpaired) electrons. The minimum Gasteiger partial charge on any atom is -0.459 e. The Morgan fingerprint density at radius 1 is 1.34 bits per heavy atom. The second kappa shape index (κ2) is 7.73. The van der Waals surface area contributed by atoms with Crippen molar-refractivity contribution in [3.8, 4) is 0 Å². The molecule has 0 aromatic carbocycles. The first kappa shape index (κ1) is 21.8. The molecule has 5 atom stereocenters. The lowest BCUT2D eigenvalue weighted by Crippen LogP contribution is -2.65. The van der Waals surface area contributed by atoms with E-state index in [2.05, 4.69) is 13.8 Å². The molecular weight excluding hydrogens is 372 g/mol. The van der Waals surface area contributed by atoms with Crippen LogP contribution in [0.4, 0.5) is 0 Å². The summed E-state index contributed by atoms with van der Waals surface area (Å²) in [6.07, 6.45) is 10.1. The summed E-state index contributed by atoms with van der Waals surface area (Å²) >= 11 is 0. The number of hydrogen-bond donors (Lipinski definition) is 2.